The number of hydrogen-bond acceptors (Lipinski definition) is 4. The Morgan fingerprint density at radius 3 is 2.71 bits per heavy atom. The molecule has 1 atom stereocenters. The second-order valence-corrected chi connectivity index (χ2v) is 6.95. The van der Waals surface area contributed by atoms with Crippen LogP contribution in [0.2, 0.25) is 0 Å². The summed E-state index contributed by atoms with van der Waals surface area (Å²) in [5.74, 6) is 0.760. The van der Waals surface area contributed by atoms with Gasteiger partial charge in [0.2, 0.25) is 5.91 Å². The lowest BCUT2D eigenvalue weighted by Crippen LogP contribution is -2.26. The largest absolute Gasteiger partial charge is 0.494 e. The molecular weight excluding hydrogens is 354 g/mol. The summed E-state index contributed by atoms with van der Waals surface area (Å²) in [6.45, 7) is 5.97. The van der Waals surface area contributed by atoms with Crippen LogP contribution in [0.1, 0.15) is 41.9 Å². The first-order valence-electron chi connectivity index (χ1n) is 9.37. The van der Waals surface area contributed by atoms with Gasteiger partial charge in [-0.05, 0) is 44.9 Å². The number of rotatable bonds is 7. The topological polar surface area (TPSA) is 74.0 Å². The highest BCUT2D eigenvalue weighted by molar-refractivity contribution is 5.76. The van der Waals surface area contributed by atoms with Crippen LogP contribution in [0.15, 0.2) is 36.7 Å². The van der Waals surface area contributed by atoms with Crippen LogP contribution in [0.5, 0.6) is 5.75 Å². The fourth-order valence-electron chi connectivity index (χ4n) is 3.33. The standard InChI is InChI=1S/C21H27N5O2/c1-14(23-21(27)11-10-18-15(2)24-25(4)16(18)3)17-12-22-26(13-17)19-8-6-7-9-20(19)28-5/h6-9,12-14H,10-11H2,1-5H3,(H,23,27)/t14-/m1/s1. The number of para-hydroxylation sites is 2. The summed E-state index contributed by atoms with van der Waals surface area (Å²) in [6, 6.07) is 7.56. The molecule has 3 aromatic rings. The third-order valence-electron chi connectivity index (χ3n) is 5.07. The zero-order valence-corrected chi connectivity index (χ0v) is 17.1. The molecule has 2 aromatic heterocycles. The number of carbonyl (C=O) groups is 1. The number of carbonyl (C=O) groups excluding carboxylic acids is 1. The first-order chi connectivity index (χ1) is 13.4. The first kappa shape index (κ1) is 19.7. The maximum atomic E-state index is 12.4. The highest BCUT2D eigenvalue weighted by Crippen LogP contribution is 2.23. The van der Waals surface area contributed by atoms with Crippen LogP contribution in [0.25, 0.3) is 5.69 Å². The van der Waals surface area contributed by atoms with Gasteiger partial charge in [-0.3, -0.25) is 9.48 Å². The summed E-state index contributed by atoms with van der Waals surface area (Å²) in [4.78, 5) is 12.4. The van der Waals surface area contributed by atoms with E-state index in [1.54, 1.807) is 18.0 Å². The van der Waals surface area contributed by atoms with E-state index < -0.39 is 0 Å². The van der Waals surface area contributed by atoms with E-state index in [-0.39, 0.29) is 11.9 Å². The molecule has 0 saturated carbocycles. The Bertz CT molecular complexity index is 973. The van der Waals surface area contributed by atoms with Gasteiger partial charge in [-0.2, -0.15) is 10.2 Å². The van der Waals surface area contributed by atoms with Crippen molar-refractivity contribution in [1.29, 1.82) is 0 Å². The van der Waals surface area contributed by atoms with Gasteiger partial charge in [0.1, 0.15) is 11.4 Å². The fraction of sp³-hybridized carbons (Fsp3) is 0.381. The maximum absolute atomic E-state index is 12.4. The summed E-state index contributed by atoms with van der Waals surface area (Å²) in [5.41, 5.74) is 5.04. The quantitative estimate of drug-likeness (QED) is 0.683. The predicted molar refractivity (Wildman–Crippen MR) is 108 cm³/mol. The Hall–Kier alpha value is -3.09. The highest BCUT2D eigenvalue weighted by atomic mass is 16.5. The Kier molecular flexibility index (Phi) is 5.82. The van der Waals surface area contributed by atoms with Gasteiger partial charge < -0.3 is 10.1 Å². The third kappa shape index (κ3) is 4.08. The van der Waals surface area contributed by atoms with Gasteiger partial charge >= 0.3 is 0 Å². The van der Waals surface area contributed by atoms with Crippen molar-refractivity contribution in [3.05, 3.63) is 59.2 Å². The molecule has 1 N–H and O–H groups in total. The van der Waals surface area contributed by atoms with Crippen molar-refractivity contribution >= 4 is 5.91 Å². The van der Waals surface area contributed by atoms with Crippen LogP contribution in [-0.4, -0.2) is 32.6 Å². The molecule has 28 heavy (non-hydrogen) atoms. The number of nitrogens with one attached hydrogen (secondary N) is 1. The highest BCUT2D eigenvalue weighted by Gasteiger charge is 2.15. The van der Waals surface area contributed by atoms with Crippen molar-refractivity contribution in [2.75, 3.05) is 7.11 Å². The average Bonchev–Trinajstić information content (AvgIpc) is 3.26. The Morgan fingerprint density at radius 2 is 2.04 bits per heavy atom. The lowest BCUT2D eigenvalue weighted by atomic mass is 10.1. The molecule has 0 bridgehead atoms. The minimum Gasteiger partial charge on any atom is -0.494 e. The molecule has 0 unspecified atom stereocenters. The Morgan fingerprint density at radius 1 is 1.29 bits per heavy atom. The number of methoxy groups -OCH3 is 1. The molecule has 3 rings (SSSR count). The summed E-state index contributed by atoms with van der Waals surface area (Å²) in [6.07, 6.45) is 4.80. The van der Waals surface area contributed by atoms with Crippen molar-refractivity contribution in [2.24, 2.45) is 7.05 Å². The van der Waals surface area contributed by atoms with Crippen LogP contribution in [0.3, 0.4) is 0 Å². The number of benzene rings is 1. The number of aromatic nitrogens is 4. The number of nitrogens with zero attached hydrogens (tertiary/aromatic N) is 4. The van der Waals surface area contributed by atoms with Crippen molar-refractivity contribution in [3.8, 4) is 11.4 Å². The zero-order valence-electron chi connectivity index (χ0n) is 17.1. The van der Waals surface area contributed by atoms with Crippen molar-refractivity contribution in [2.45, 2.75) is 39.7 Å². The zero-order chi connectivity index (χ0) is 20.3. The van der Waals surface area contributed by atoms with Crippen LogP contribution in [0.4, 0.5) is 0 Å². The SMILES string of the molecule is COc1ccccc1-n1cc([C@@H](C)NC(=O)CCc2c(C)nn(C)c2C)cn1. The van der Waals surface area contributed by atoms with E-state index in [9.17, 15) is 4.79 Å². The van der Waals surface area contributed by atoms with Crippen LogP contribution in [0, 0.1) is 13.8 Å². The van der Waals surface area contributed by atoms with E-state index in [1.165, 1.54) is 0 Å². The van der Waals surface area contributed by atoms with Crippen LogP contribution >= 0.6 is 0 Å². The minimum atomic E-state index is -0.132. The maximum Gasteiger partial charge on any atom is 0.220 e. The summed E-state index contributed by atoms with van der Waals surface area (Å²) in [5, 5.41) is 11.9. The molecule has 7 heteroatoms. The first-order valence-corrected chi connectivity index (χ1v) is 9.37. The normalized spacial score (nSPS) is 12.0. The van der Waals surface area contributed by atoms with E-state index in [2.05, 4.69) is 15.5 Å². The second-order valence-electron chi connectivity index (χ2n) is 6.95. The van der Waals surface area contributed by atoms with Gasteiger partial charge in [0.15, 0.2) is 0 Å². The summed E-state index contributed by atoms with van der Waals surface area (Å²) in [7, 11) is 3.56. The summed E-state index contributed by atoms with van der Waals surface area (Å²) < 4.78 is 9.01. The number of aryl methyl sites for hydroxylation is 2. The molecule has 1 amide bonds. The van der Waals surface area contributed by atoms with Gasteiger partial charge in [-0.1, -0.05) is 12.1 Å². The number of hydrogen-bond donors (Lipinski definition) is 1. The van der Waals surface area contributed by atoms with Crippen molar-refractivity contribution < 1.29 is 9.53 Å². The molecule has 7 nitrogen and oxygen atoms in total. The average molecular weight is 381 g/mol. The van der Waals surface area contributed by atoms with Crippen LogP contribution in [-0.2, 0) is 18.3 Å². The smallest absolute Gasteiger partial charge is 0.220 e. The minimum absolute atomic E-state index is 0.0141. The van der Waals surface area contributed by atoms with E-state index >= 15 is 0 Å². The molecule has 0 aliphatic heterocycles. The number of ether oxygens (including phenoxy) is 1. The molecule has 2 heterocycles. The Balaban J connectivity index is 1.62. The van der Waals surface area contributed by atoms with E-state index in [1.807, 2.05) is 63.0 Å². The molecule has 148 valence electrons. The van der Waals surface area contributed by atoms with Gasteiger partial charge in [-0.15, -0.1) is 0 Å². The third-order valence-corrected chi connectivity index (χ3v) is 5.07. The van der Waals surface area contributed by atoms with Crippen molar-refractivity contribution in [1.82, 2.24) is 24.9 Å². The van der Waals surface area contributed by atoms with Crippen molar-refractivity contribution in [3.63, 3.8) is 0 Å². The molecular formula is C21H27N5O2. The molecule has 0 radical (unpaired) electrons. The lowest BCUT2D eigenvalue weighted by molar-refractivity contribution is -0.121. The fourth-order valence-corrected chi connectivity index (χ4v) is 3.33. The molecule has 0 spiro atoms. The second kappa shape index (κ2) is 8.29. The monoisotopic (exact) mass is 381 g/mol. The van der Waals surface area contributed by atoms with E-state index in [0.29, 0.717) is 12.8 Å². The molecule has 0 aliphatic rings. The van der Waals surface area contributed by atoms with Gasteiger partial charge in [-0.25, -0.2) is 4.68 Å². The van der Waals surface area contributed by atoms with Gasteiger partial charge in [0.25, 0.3) is 0 Å². The predicted octanol–water partition coefficient (Wildman–Crippen LogP) is 3.04. The lowest BCUT2D eigenvalue weighted by Gasteiger charge is -2.12. The summed E-state index contributed by atoms with van der Waals surface area (Å²) >= 11 is 0. The molecule has 1 aromatic carbocycles. The Labute approximate surface area is 165 Å². The van der Waals surface area contributed by atoms with Gasteiger partial charge in [0.05, 0.1) is 25.0 Å². The molecule has 0 saturated heterocycles. The molecule has 0 aliphatic carbocycles. The van der Waals surface area contributed by atoms with E-state index in [4.69, 9.17) is 4.74 Å². The molecule has 0 fully saturated rings. The number of amides is 1. The van der Waals surface area contributed by atoms with Gasteiger partial charge in [0, 0.05) is 30.9 Å². The van der Waals surface area contributed by atoms with E-state index in [0.717, 1.165) is 34.0 Å². The van der Waals surface area contributed by atoms with Crippen LogP contribution < -0.4 is 10.1 Å².